The fraction of sp³-hybridized carbons (Fsp3) is 0. The van der Waals surface area contributed by atoms with E-state index >= 15 is 0 Å². The van der Waals surface area contributed by atoms with E-state index < -0.39 is 10.0 Å². The van der Waals surface area contributed by atoms with Crippen LogP contribution in [0.3, 0.4) is 0 Å². The Bertz CT molecular complexity index is 876. The van der Waals surface area contributed by atoms with Crippen molar-refractivity contribution < 1.29 is 8.42 Å². The summed E-state index contributed by atoms with van der Waals surface area (Å²) >= 11 is 5.80. The van der Waals surface area contributed by atoms with Gasteiger partial charge in [0, 0.05) is 35.1 Å². The Morgan fingerprint density at radius 2 is 2.05 bits per heavy atom. The predicted molar refractivity (Wildman–Crippen MR) is 76.1 cm³/mol. The zero-order valence-electron chi connectivity index (χ0n) is 10.0. The summed E-state index contributed by atoms with van der Waals surface area (Å²) in [7, 11) is -3.76. The molecule has 0 unspecified atom stereocenters. The van der Waals surface area contributed by atoms with Crippen LogP contribution in [0.5, 0.6) is 0 Å². The molecule has 0 saturated carbocycles. The second-order valence-corrected chi connectivity index (χ2v) is 6.10. The van der Waals surface area contributed by atoms with Crippen LogP contribution in [0.2, 0.25) is 5.02 Å². The number of nitrogens with one attached hydrogen (secondary N) is 2. The Balaban J connectivity index is 2.04. The number of hydrogen-bond acceptors (Lipinski definition) is 4. The number of nitrogens with zero attached hydrogens (tertiary/aromatic N) is 2. The number of fused-ring (bicyclic) bond motifs is 1. The number of pyridine rings is 2. The van der Waals surface area contributed by atoms with Crippen LogP contribution in [0.4, 0.5) is 5.82 Å². The molecule has 102 valence electrons. The van der Waals surface area contributed by atoms with E-state index in [1.807, 2.05) is 0 Å². The highest BCUT2D eigenvalue weighted by atomic mass is 35.5. The third-order valence-corrected chi connectivity index (χ3v) is 4.29. The summed E-state index contributed by atoms with van der Waals surface area (Å²) in [6.07, 6.45) is 4.41. The molecule has 2 N–H and O–H groups in total. The minimum absolute atomic E-state index is 0.113. The average molecular weight is 309 g/mol. The van der Waals surface area contributed by atoms with Crippen LogP contribution in [-0.4, -0.2) is 23.4 Å². The van der Waals surface area contributed by atoms with Crippen LogP contribution in [0.1, 0.15) is 0 Å². The highest BCUT2D eigenvalue weighted by Crippen LogP contribution is 2.23. The molecular weight excluding hydrogens is 300 g/mol. The van der Waals surface area contributed by atoms with Crippen LogP contribution >= 0.6 is 11.6 Å². The lowest BCUT2D eigenvalue weighted by molar-refractivity contribution is 0.602. The molecular formula is C12H9ClN4O2S. The number of hydrogen-bond donors (Lipinski definition) is 2. The van der Waals surface area contributed by atoms with Crippen LogP contribution in [0, 0.1) is 0 Å². The van der Waals surface area contributed by atoms with Gasteiger partial charge < -0.3 is 4.98 Å². The normalized spacial score (nSPS) is 11.7. The summed E-state index contributed by atoms with van der Waals surface area (Å²) in [5, 5.41) is 0.917. The topological polar surface area (TPSA) is 87.7 Å². The molecule has 0 aromatic carbocycles. The van der Waals surface area contributed by atoms with Gasteiger partial charge in [0.15, 0.2) is 0 Å². The molecule has 0 bridgehead atoms. The van der Waals surface area contributed by atoms with E-state index in [4.69, 9.17) is 11.6 Å². The standard InChI is InChI=1S/C12H9ClN4O2S/c13-8-3-5-14-11(6-8)17-20(18,19)10-7-16-12-9(10)2-1-4-15-12/h1-7H,(H,14,17)(H,15,16). The largest absolute Gasteiger partial charge is 0.345 e. The van der Waals surface area contributed by atoms with Crippen LogP contribution in [0.25, 0.3) is 11.0 Å². The first-order chi connectivity index (χ1) is 9.56. The number of aromatic nitrogens is 3. The number of anilines is 1. The molecule has 0 aliphatic carbocycles. The van der Waals surface area contributed by atoms with Gasteiger partial charge in [0.05, 0.1) is 0 Å². The van der Waals surface area contributed by atoms with Crippen LogP contribution in [0.15, 0.2) is 47.8 Å². The molecule has 0 radical (unpaired) electrons. The van der Waals surface area contributed by atoms with Gasteiger partial charge in [-0.2, -0.15) is 0 Å². The number of aromatic amines is 1. The highest BCUT2D eigenvalue weighted by molar-refractivity contribution is 7.93. The lowest BCUT2D eigenvalue weighted by Crippen LogP contribution is -2.13. The molecule has 0 saturated heterocycles. The summed E-state index contributed by atoms with van der Waals surface area (Å²) in [5.74, 6) is 0.163. The van der Waals surface area contributed by atoms with Crippen molar-refractivity contribution in [1.29, 1.82) is 0 Å². The maximum atomic E-state index is 12.3. The third kappa shape index (κ3) is 2.33. The van der Waals surface area contributed by atoms with E-state index in [2.05, 4.69) is 19.7 Å². The van der Waals surface area contributed by atoms with Gasteiger partial charge in [0.2, 0.25) is 0 Å². The van der Waals surface area contributed by atoms with Crippen molar-refractivity contribution in [2.45, 2.75) is 4.90 Å². The molecule has 0 amide bonds. The molecule has 3 heterocycles. The maximum Gasteiger partial charge on any atom is 0.265 e. The van der Waals surface area contributed by atoms with Gasteiger partial charge in [-0.15, -0.1) is 0 Å². The fourth-order valence-electron chi connectivity index (χ4n) is 1.81. The molecule has 0 aliphatic rings. The van der Waals surface area contributed by atoms with Gasteiger partial charge in [0.25, 0.3) is 10.0 Å². The quantitative estimate of drug-likeness (QED) is 0.777. The van der Waals surface area contributed by atoms with Gasteiger partial charge >= 0.3 is 0 Å². The molecule has 20 heavy (non-hydrogen) atoms. The highest BCUT2D eigenvalue weighted by Gasteiger charge is 2.19. The summed E-state index contributed by atoms with van der Waals surface area (Å²) in [6.45, 7) is 0. The molecule has 3 rings (SSSR count). The van der Waals surface area contributed by atoms with Crippen molar-refractivity contribution in [2.75, 3.05) is 4.72 Å². The molecule has 3 aromatic rings. The van der Waals surface area contributed by atoms with Crippen LogP contribution in [-0.2, 0) is 10.0 Å². The smallest absolute Gasteiger partial charge is 0.265 e. The number of H-pyrrole nitrogens is 1. The van der Waals surface area contributed by atoms with Gasteiger partial charge in [0.1, 0.15) is 16.4 Å². The zero-order chi connectivity index (χ0) is 14.2. The van der Waals surface area contributed by atoms with Crippen molar-refractivity contribution in [3.63, 3.8) is 0 Å². The first kappa shape index (κ1) is 12.9. The summed E-state index contributed by atoms with van der Waals surface area (Å²) in [6, 6.07) is 6.35. The van der Waals surface area contributed by atoms with E-state index in [1.165, 1.54) is 18.5 Å². The summed E-state index contributed by atoms with van der Waals surface area (Å²) in [5.41, 5.74) is 0.506. The number of rotatable bonds is 3. The van der Waals surface area contributed by atoms with Crippen molar-refractivity contribution in [3.05, 3.63) is 47.9 Å². The SMILES string of the molecule is O=S(=O)(Nc1cc(Cl)ccn1)c1c[nH]c2ncccc12. The Morgan fingerprint density at radius 1 is 1.20 bits per heavy atom. The number of halogens is 1. The van der Waals surface area contributed by atoms with Crippen molar-refractivity contribution in [2.24, 2.45) is 0 Å². The van der Waals surface area contributed by atoms with E-state index in [-0.39, 0.29) is 10.7 Å². The van der Waals surface area contributed by atoms with Gasteiger partial charge in [-0.1, -0.05) is 11.6 Å². The minimum Gasteiger partial charge on any atom is -0.345 e. The van der Waals surface area contributed by atoms with Crippen molar-refractivity contribution in [1.82, 2.24) is 15.0 Å². The lowest BCUT2D eigenvalue weighted by atomic mass is 10.3. The van der Waals surface area contributed by atoms with Gasteiger partial charge in [-0.05, 0) is 18.2 Å². The van der Waals surface area contributed by atoms with Gasteiger partial charge in [-0.3, -0.25) is 4.72 Å². The van der Waals surface area contributed by atoms with E-state index in [9.17, 15) is 8.42 Å². The Hall–Kier alpha value is -2.12. The molecule has 0 aliphatic heterocycles. The van der Waals surface area contributed by atoms with E-state index in [1.54, 1.807) is 24.4 Å². The monoisotopic (exact) mass is 308 g/mol. The van der Waals surface area contributed by atoms with Crippen molar-refractivity contribution >= 4 is 38.5 Å². The molecule has 8 heteroatoms. The Kier molecular flexibility index (Phi) is 3.07. The molecule has 6 nitrogen and oxygen atoms in total. The molecule has 0 fully saturated rings. The number of sulfonamides is 1. The van der Waals surface area contributed by atoms with E-state index in [0.717, 1.165) is 0 Å². The summed E-state index contributed by atoms with van der Waals surface area (Å²) < 4.78 is 27.1. The first-order valence-electron chi connectivity index (χ1n) is 5.63. The lowest BCUT2D eigenvalue weighted by Gasteiger charge is -2.06. The Morgan fingerprint density at radius 3 is 2.85 bits per heavy atom. The fourth-order valence-corrected chi connectivity index (χ4v) is 3.13. The average Bonchev–Trinajstić information content (AvgIpc) is 2.82. The Labute approximate surface area is 119 Å². The first-order valence-corrected chi connectivity index (χ1v) is 7.49. The molecule has 0 spiro atoms. The molecule has 0 atom stereocenters. The molecule has 3 aromatic heterocycles. The van der Waals surface area contributed by atoms with E-state index in [0.29, 0.717) is 16.1 Å². The van der Waals surface area contributed by atoms with Crippen LogP contribution < -0.4 is 4.72 Å². The predicted octanol–water partition coefficient (Wildman–Crippen LogP) is 2.41. The minimum atomic E-state index is -3.76. The second-order valence-electron chi connectivity index (χ2n) is 4.02. The maximum absolute atomic E-state index is 12.3. The zero-order valence-corrected chi connectivity index (χ0v) is 11.6. The van der Waals surface area contributed by atoms with Crippen molar-refractivity contribution in [3.8, 4) is 0 Å². The van der Waals surface area contributed by atoms with Gasteiger partial charge in [-0.25, -0.2) is 18.4 Å². The second kappa shape index (κ2) is 4.77. The third-order valence-electron chi connectivity index (χ3n) is 2.66. The summed E-state index contributed by atoms with van der Waals surface area (Å²) in [4.78, 5) is 10.9.